The van der Waals surface area contributed by atoms with Crippen molar-refractivity contribution in [3.05, 3.63) is 17.6 Å². The van der Waals surface area contributed by atoms with Gasteiger partial charge in [0.05, 0.1) is 0 Å². The summed E-state index contributed by atoms with van der Waals surface area (Å²) in [6.07, 6.45) is 10.7. The summed E-state index contributed by atoms with van der Waals surface area (Å²) in [4.78, 5) is 11.7. The van der Waals surface area contributed by atoms with Gasteiger partial charge in [0.15, 0.2) is 0 Å². The number of fused-ring (bicyclic) bond motifs is 2. The first-order valence-corrected chi connectivity index (χ1v) is 8.23. The number of nitrogens with one attached hydrogen (secondary N) is 1. The smallest absolute Gasteiger partial charge is 0.135 e. The molecule has 2 unspecified atom stereocenters. The highest BCUT2D eigenvalue weighted by atomic mass is 15.2. The van der Waals surface area contributed by atoms with Crippen LogP contribution in [0.5, 0.6) is 0 Å². The largest absolute Gasteiger partial charge is 0.354 e. The molecule has 1 aromatic rings. The molecule has 2 fully saturated rings. The molecule has 1 aliphatic carbocycles. The second-order valence-corrected chi connectivity index (χ2v) is 6.55. The van der Waals surface area contributed by atoms with Crippen molar-refractivity contribution in [3.8, 4) is 0 Å². The van der Waals surface area contributed by atoms with Crippen molar-refractivity contribution in [2.45, 2.75) is 51.0 Å². The van der Waals surface area contributed by atoms with Crippen LogP contribution in [0.4, 0.5) is 5.82 Å². The van der Waals surface area contributed by atoms with Gasteiger partial charge in [-0.2, -0.15) is 0 Å². The number of rotatable bonds is 1. The van der Waals surface area contributed by atoms with E-state index in [0.29, 0.717) is 6.04 Å². The number of piperidine rings is 1. The van der Waals surface area contributed by atoms with Crippen molar-refractivity contribution >= 4 is 5.82 Å². The van der Waals surface area contributed by atoms with Gasteiger partial charge in [-0.25, -0.2) is 9.97 Å². The zero-order valence-corrected chi connectivity index (χ0v) is 12.1. The van der Waals surface area contributed by atoms with Crippen LogP contribution in [0.2, 0.25) is 0 Å². The zero-order chi connectivity index (χ0) is 13.4. The normalized spacial score (nSPS) is 29.7. The van der Waals surface area contributed by atoms with Gasteiger partial charge >= 0.3 is 0 Å². The van der Waals surface area contributed by atoms with E-state index in [-0.39, 0.29) is 0 Å². The van der Waals surface area contributed by atoms with Crippen LogP contribution in [0.1, 0.15) is 43.4 Å². The van der Waals surface area contributed by atoms with E-state index in [4.69, 9.17) is 0 Å². The molecule has 4 heteroatoms. The molecule has 0 saturated carbocycles. The summed E-state index contributed by atoms with van der Waals surface area (Å²) in [5.74, 6) is 2.06. The van der Waals surface area contributed by atoms with Gasteiger partial charge in [0.1, 0.15) is 12.1 Å². The minimum absolute atomic E-state index is 0.681. The summed E-state index contributed by atoms with van der Waals surface area (Å²) >= 11 is 0. The number of hydrogen-bond acceptors (Lipinski definition) is 4. The lowest BCUT2D eigenvalue weighted by Gasteiger charge is -2.24. The highest BCUT2D eigenvalue weighted by Gasteiger charge is 2.35. The summed E-state index contributed by atoms with van der Waals surface area (Å²) in [6, 6.07) is 0.681. The Kier molecular flexibility index (Phi) is 3.34. The molecular formula is C16H24N4. The van der Waals surface area contributed by atoms with Crippen LogP contribution in [0, 0.1) is 5.92 Å². The summed E-state index contributed by atoms with van der Waals surface area (Å²) in [5.41, 5.74) is 2.76. The summed E-state index contributed by atoms with van der Waals surface area (Å²) in [5, 5.41) is 3.69. The summed E-state index contributed by atoms with van der Waals surface area (Å²) < 4.78 is 0. The standard InChI is InChI=1S/C16H24N4/c1-2-6-13-14(7-3-1)18-11-19-16(13)20-9-12-5-4-8-17-15(12)10-20/h11-12,15,17H,1-10H2. The molecule has 1 aromatic heterocycles. The molecule has 3 aliphatic rings. The maximum absolute atomic E-state index is 4.66. The van der Waals surface area contributed by atoms with Gasteiger partial charge in [-0.15, -0.1) is 0 Å². The van der Waals surface area contributed by atoms with E-state index in [0.717, 1.165) is 18.9 Å². The minimum Gasteiger partial charge on any atom is -0.354 e. The van der Waals surface area contributed by atoms with Crippen LogP contribution >= 0.6 is 0 Å². The lowest BCUT2D eigenvalue weighted by Crippen LogP contribution is -2.40. The third-order valence-corrected chi connectivity index (χ3v) is 5.25. The lowest BCUT2D eigenvalue weighted by molar-refractivity contribution is 0.340. The van der Waals surface area contributed by atoms with Crippen LogP contribution in [0.15, 0.2) is 6.33 Å². The van der Waals surface area contributed by atoms with Crippen LogP contribution in [-0.2, 0) is 12.8 Å². The molecule has 2 saturated heterocycles. The van der Waals surface area contributed by atoms with Crippen molar-refractivity contribution < 1.29 is 0 Å². The average molecular weight is 272 g/mol. The number of hydrogen-bond donors (Lipinski definition) is 1. The van der Waals surface area contributed by atoms with Crippen LogP contribution < -0.4 is 10.2 Å². The maximum Gasteiger partial charge on any atom is 0.135 e. The molecule has 1 N–H and O–H groups in total. The zero-order valence-electron chi connectivity index (χ0n) is 12.1. The van der Waals surface area contributed by atoms with Gasteiger partial charge in [-0.3, -0.25) is 0 Å². The van der Waals surface area contributed by atoms with E-state index >= 15 is 0 Å². The highest BCUT2D eigenvalue weighted by molar-refractivity contribution is 5.50. The molecule has 2 aliphatic heterocycles. The van der Waals surface area contributed by atoms with E-state index in [9.17, 15) is 0 Å². The Morgan fingerprint density at radius 1 is 1.05 bits per heavy atom. The predicted octanol–water partition coefficient (Wildman–Crippen LogP) is 1.93. The Hall–Kier alpha value is -1.16. The third-order valence-electron chi connectivity index (χ3n) is 5.25. The van der Waals surface area contributed by atoms with Crippen molar-refractivity contribution in [2.75, 3.05) is 24.5 Å². The Bertz CT molecular complexity index is 473. The highest BCUT2D eigenvalue weighted by Crippen LogP contribution is 2.32. The molecule has 0 amide bonds. The fourth-order valence-electron chi connectivity index (χ4n) is 4.17. The predicted molar refractivity (Wildman–Crippen MR) is 80.0 cm³/mol. The van der Waals surface area contributed by atoms with Crippen molar-refractivity contribution in [3.63, 3.8) is 0 Å². The van der Waals surface area contributed by atoms with Gasteiger partial charge in [0.25, 0.3) is 0 Å². The molecule has 20 heavy (non-hydrogen) atoms. The molecule has 2 atom stereocenters. The average Bonchev–Trinajstić information content (AvgIpc) is 2.76. The molecule has 108 valence electrons. The second-order valence-electron chi connectivity index (χ2n) is 6.55. The second kappa shape index (κ2) is 5.32. The van der Waals surface area contributed by atoms with Crippen LogP contribution in [-0.4, -0.2) is 35.6 Å². The fourth-order valence-corrected chi connectivity index (χ4v) is 4.17. The van der Waals surface area contributed by atoms with Gasteiger partial charge in [-0.05, 0) is 51.0 Å². The molecule has 0 radical (unpaired) electrons. The molecule has 4 nitrogen and oxygen atoms in total. The Labute approximate surface area is 121 Å². The molecular weight excluding hydrogens is 248 g/mol. The molecule has 0 bridgehead atoms. The fraction of sp³-hybridized carbons (Fsp3) is 0.750. The number of nitrogens with zero attached hydrogens (tertiary/aromatic N) is 3. The lowest BCUT2D eigenvalue weighted by atomic mass is 9.94. The van der Waals surface area contributed by atoms with Gasteiger partial charge < -0.3 is 10.2 Å². The van der Waals surface area contributed by atoms with Crippen molar-refractivity contribution in [2.24, 2.45) is 5.92 Å². The number of anilines is 1. The minimum atomic E-state index is 0.681. The van der Waals surface area contributed by atoms with E-state index in [1.165, 1.54) is 68.7 Å². The molecule has 3 heterocycles. The number of aryl methyl sites for hydroxylation is 1. The molecule has 0 aromatic carbocycles. The van der Waals surface area contributed by atoms with Crippen LogP contribution in [0.25, 0.3) is 0 Å². The molecule has 4 rings (SSSR count). The van der Waals surface area contributed by atoms with Crippen molar-refractivity contribution in [1.82, 2.24) is 15.3 Å². The SMILES string of the molecule is c1nc2c(c(N3CC4CCCNC4C3)n1)CCCCC2. The quantitative estimate of drug-likeness (QED) is 0.793. The van der Waals surface area contributed by atoms with E-state index in [1.54, 1.807) is 6.33 Å². The summed E-state index contributed by atoms with van der Waals surface area (Å²) in [7, 11) is 0. The number of aromatic nitrogens is 2. The van der Waals surface area contributed by atoms with Gasteiger partial charge in [0.2, 0.25) is 0 Å². The van der Waals surface area contributed by atoms with E-state index < -0.39 is 0 Å². The molecule has 0 spiro atoms. The Balaban J connectivity index is 1.62. The third kappa shape index (κ3) is 2.20. The summed E-state index contributed by atoms with van der Waals surface area (Å²) in [6.45, 7) is 3.51. The van der Waals surface area contributed by atoms with E-state index in [1.807, 2.05) is 0 Å². The first-order chi connectivity index (χ1) is 9.92. The van der Waals surface area contributed by atoms with Crippen LogP contribution in [0.3, 0.4) is 0 Å². The first-order valence-electron chi connectivity index (χ1n) is 8.23. The van der Waals surface area contributed by atoms with E-state index in [2.05, 4.69) is 20.2 Å². The topological polar surface area (TPSA) is 41.1 Å². The Morgan fingerprint density at radius 3 is 2.95 bits per heavy atom. The first kappa shape index (κ1) is 12.6. The van der Waals surface area contributed by atoms with Gasteiger partial charge in [-0.1, -0.05) is 6.42 Å². The van der Waals surface area contributed by atoms with Crippen molar-refractivity contribution in [1.29, 1.82) is 0 Å². The Morgan fingerprint density at radius 2 is 2.00 bits per heavy atom. The monoisotopic (exact) mass is 272 g/mol. The maximum atomic E-state index is 4.66. The van der Waals surface area contributed by atoms with Gasteiger partial charge in [0, 0.05) is 30.4 Å².